The van der Waals surface area contributed by atoms with Crippen molar-refractivity contribution in [1.82, 2.24) is 25.1 Å². The van der Waals surface area contributed by atoms with E-state index in [1.165, 1.54) is 0 Å². The Labute approximate surface area is 117 Å². The fourth-order valence-electron chi connectivity index (χ4n) is 1.82. The zero-order chi connectivity index (χ0) is 14.5. The molecule has 7 heteroatoms. The lowest BCUT2D eigenvalue weighted by atomic mass is 10.2. The van der Waals surface area contributed by atoms with Crippen molar-refractivity contribution in [3.05, 3.63) is 35.5 Å². The van der Waals surface area contributed by atoms with Crippen LogP contribution in [0.3, 0.4) is 0 Å². The molecule has 0 fully saturated rings. The SMILES string of the molecule is CNc1cc(C(=O)NCCc2ncn(C)n2)cc(C)n1. The number of aryl methyl sites for hydroxylation is 2. The van der Waals surface area contributed by atoms with Gasteiger partial charge in [0, 0.05) is 38.3 Å². The molecule has 0 aromatic carbocycles. The van der Waals surface area contributed by atoms with Crippen molar-refractivity contribution >= 4 is 11.7 Å². The molecular formula is C13H18N6O. The molecule has 0 saturated heterocycles. The first kappa shape index (κ1) is 14.0. The van der Waals surface area contributed by atoms with E-state index in [0.29, 0.717) is 24.3 Å². The molecule has 0 bridgehead atoms. The van der Waals surface area contributed by atoms with Gasteiger partial charge in [0.15, 0.2) is 5.82 Å². The highest BCUT2D eigenvalue weighted by molar-refractivity contribution is 5.94. The average molecular weight is 274 g/mol. The Bertz CT molecular complexity index is 607. The summed E-state index contributed by atoms with van der Waals surface area (Å²) in [4.78, 5) is 20.4. The van der Waals surface area contributed by atoms with Crippen LogP contribution < -0.4 is 10.6 Å². The van der Waals surface area contributed by atoms with Gasteiger partial charge in [-0.3, -0.25) is 9.48 Å². The van der Waals surface area contributed by atoms with Gasteiger partial charge >= 0.3 is 0 Å². The van der Waals surface area contributed by atoms with Crippen molar-refractivity contribution in [2.75, 3.05) is 18.9 Å². The lowest BCUT2D eigenvalue weighted by Gasteiger charge is -2.07. The Morgan fingerprint density at radius 3 is 2.85 bits per heavy atom. The van der Waals surface area contributed by atoms with Crippen LogP contribution in [0.4, 0.5) is 5.82 Å². The largest absolute Gasteiger partial charge is 0.373 e. The molecule has 7 nitrogen and oxygen atoms in total. The van der Waals surface area contributed by atoms with E-state index in [9.17, 15) is 4.79 Å². The van der Waals surface area contributed by atoms with Crippen molar-refractivity contribution in [1.29, 1.82) is 0 Å². The molecular weight excluding hydrogens is 256 g/mol. The molecule has 0 unspecified atom stereocenters. The van der Waals surface area contributed by atoms with Crippen LogP contribution in [0.2, 0.25) is 0 Å². The van der Waals surface area contributed by atoms with Gasteiger partial charge in [0.2, 0.25) is 0 Å². The van der Waals surface area contributed by atoms with Gasteiger partial charge in [0.1, 0.15) is 12.1 Å². The molecule has 106 valence electrons. The Morgan fingerprint density at radius 2 is 2.20 bits per heavy atom. The number of aromatic nitrogens is 4. The highest BCUT2D eigenvalue weighted by Gasteiger charge is 2.08. The van der Waals surface area contributed by atoms with Crippen molar-refractivity contribution in [3.8, 4) is 0 Å². The molecule has 0 atom stereocenters. The zero-order valence-electron chi connectivity index (χ0n) is 11.8. The number of hydrogen-bond acceptors (Lipinski definition) is 5. The molecule has 2 aromatic rings. The lowest BCUT2D eigenvalue weighted by Crippen LogP contribution is -2.26. The topological polar surface area (TPSA) is 84.7 Å². The van der Waals surface area contributed by atoms with Crippen molar-refractivity contribution in [2.24, 2.45) is 7.05 Å². The molecule has 20 heavy (non-hydrogen) atoms. The quantitative estimate of drug-likeness (QED) is 0.831. The van der Waals surface area contributed by atoms with Gasteiger partial charge in [-0.2, -0.15) is 5.10 Å². The summed E-state index contributed by atoms with van der Waals surface area (Å²) in [6.07, 6.45) is 2.25. The Morgan fingerprint density at radius 1 is 1.40 bits per heavy atom. The highest BCUT2D eigenvalue weighted by atomic mass is 16.1. The number of nitrogens with zero attached hydrogens (tertiary/aromatic N) is 4. The maximum Gasteiger partial charge on any atom is 0.251 e. The normalized spacial score (nSPS) is 10.3. The summed E-state index contributed by atoms with van der Waals surface area (Å²) >= 11 is 0. The van der Waals surface area contributed by atoms with E-state index in [1.54, 1.807) is 30.2 Å². The first-order valence-corrected chi connectivity index (χ1v) is 6.37. The minimum Gasteiger partial charge on any atom is -0.373 e. The minimum atomic E-state index is -0.122. The van der Waals surface area contributed by atoms with Gasteiger partial charge in [0.25, 0.3) is 5.91 Å². The number of carbonyl (C=O) groups is 1. The molecule has 0 aliphatic rings. The van der Waals surface area contributed by atoms with E-state index in [4.69, 9.17) is 0 Å². The average Bonchev–Trinajstić information content (AvgIpc) is 2.83. The van der Waals surface area contributed by atoms with Crippen LogP contribution in [0.5, 0.6) is 0 Å². The summed E-state index contributed by atoms with van der Waals surface area (Å²) in [5, 5.41) is 9.94. The van der Waals surface area contributed by atoms with Gasteiger partial charge in [-0.1, -0.05) is 0 Å². The number of pyridine rings is 1. The molecule has 0 saturated carbocycles. The second-order valence-corrected chi connectivity index (χ2v) is 4.47. The summed E-state index contributed by atoms with van der Waals surface area (Å²) in [5.41, 5.74) is 1.39. The van der Waals surface area contributed by atoms with E-state index >= 15 is 0 Å². The number of anilines is 1. The van der Waals surface area contributed by atoms with E-state index in [-0.39, 0.29) is 5.91 Å². The van der Waals surface area contributed by atoms with Crippen LogP contribution in [0.25, 0.3) is 0 Å². The minimum absolute atomic E-state index is 0.122. The predicted octanol–water partition coefficient (Wildman–Crippen LogP) is 0.533. The second kappa shape index (κ2) is 6.14. The van der Waals surface area contributed by atoms with Crippen LogP contribution in [0, 0.1) is 6.92 Å². The lowest BCUT2D eigenvalue weighted by molar-refractivity contribution is 0.0954. The molecule has 0 spiro atoms. The Hall–Kier alpha value is -2.44. The van der Waals surface area contributed by atoms with Gasteiger partial charge < -0.3 is 10.6 Å². The molecule has 2 N–H and O–H groups in total. The number of hydrogen-bond donors (Lipinski definition) is 2. The Balaban J connectivity index is 1.93. The predicted molar refractivity (Wildman–Crippen MR) is 75.6 cm³/mol. The van der Waals surface area contributed by atoms with Gasteiger partial charge in [-0.15, -0.1) is 0 Å². The molecule has 0 aliphatic carbocycles. The summed E-state index contributed by atoms with van der Waals surface area (Å²) in [6.45, 7) is 2.36. The molecule has 0 radical (unpaired) electrons. The second-order valence-electron chi connectivity index (χ2n) is 4.47. The summed E-state index contributed by atoms with van der Waals surface area (Å²) in [5.74, 6) is 1.28. The number of carbonyl (C=O) groups excluding carboxylic acids is 1. The molecule has 2 rings (SSSR count). The third kappa shape index (κ3) is 3.53. The maximum absolute atomic E-state index is 12.0. The molecule has 2 heterocycles. The number of rotatable bonds is 5. The van der Waals surface area contributed by atoms with E-state index in [1.807, 2.05) is 14.0 Å². The van der Waals surface area contributed by atoms with E-state index in [2.05, 4.69) is 25.7 Å². The van der Waals surface area contributed by atoms with Crippen LogP contribution in [0.1, 0.15) is 21.9 Å². The summed E-state index contributed by atoms with van der Waals surface area (Å²) in [6, 6.07) is 3.48. The van der Waals surface area contributed by atoms with Crippen molar-refractivity contribution in [3.63, 3.8) is 0 Å². The van der Waals surface area contributed by atoms with E-state index < -0.39 is 0 Å². The molecule has 0 aliphatic heterocycles. The van der Waals surface area contributed by atoms with Crippen molar-refractivity contribution < 1.29 is 4.79 Å². The highest BCUT2D eigenvalue weighted by Crippen LogP contribution is 2.09. The van der Waals surface area contributed by atoms with Crippen LogP contribution in [0.15, 0.2) is 18.5 Å². The van der Waals surface area contributed by atoms with Gasteiger partial charge in [-0.25, -0.2) is 9.97 Å². The first-order chi connectivity index (χ1) is 9.58. The van der Waals surface area contributed by atoms with E-state index in [0.717, 1.165) is 11.5 Å². The van der Waals surface area contributed by atoms with Gasteiger partial charge in [0.05, 0.1) is 0 Å². The smallest absolute Gasteiger partial charge is 0.251 e. The van der Waals surface area contributed by atoms with Crippen molar-refractivity contribution in [2.45, 2.75) is 13.3 Å². The zero-order valence-corrected chi connectivity index (χ0v) is 11.8. The molecule has 1 amide bonds. The fourth-order valence-corrected chi connectivity index (χ4v) is 1.82. The Kier molecular flexibility index (Phi) is 4.29. The number of amides is 1. The third-order valence-corrected chi connectivity index (χ3v) is 2.75. The summed E-state index contributed by atoms with van der Waals surface area (Å²) < 4.78 is 1.64. The van der Waals surface area contributed by atoms with Crippen LogP contribution >= 0.6 is 0 Å². The maximum atomic E-state index is 12.0. The fraction of sp³-hybridized carbons (Fsp3) is 0.385. The van der Waals surface area contributed by atoms with Crippen LogP contribution in [-0.2, 0) is 13.5 Å². The third-order valence-electron chi connectivity index (χ3n) is 2.75. The van der Waals surface area contributed by atoms with Crippen LogP contribution in [-0.4, -0.2) is 39.2 Å². The summed E-state index contributed by atoms with van der Waals surface area (Å²) in [7, 11) is 3.59. The first-order valence-electron chi connectivity index (χ1n) is 6.37. The standard InChI is InChI=1S/C13H18N6O/c1-9-6-10(7-12(14-2)17-9)13(20)15-5-4-11-16-8-19(3)18-11/h6-8H,4-5H2,1-3H3,(H,14,17)(H,15,20). The monoisotopic (exact) mass is 274 g/mol. The number of nitrogens with one attached hydrogen (secondary N) is 2. The molecule has 2 aromatic heterocycles. The van der Waals surface area contributed by atoms with Gasteiger partial charge in [-0.05, 0) is 19.1 Å².